The minimum Gasteiger partial charge on any atom is -0.320 e. The predicted octanol–water partition coefficient (Wildman–Crippen LogP) is 2.47. The summed E-state index contributed by atoms with van der Waals surface area (Å²) < 4.78 is 3.57. The minimum absolute atomic E-state index is 0.295. The standard InChI is InChI=1S/C19H17N7O/c1-14-18(23-24-26(14)12-15-5-7-20-8-6-15)19(27)22-16-3-2-4-17(11-16)25-10-9-21-13-25/h2-11,13H,12H2,1H3,(H,22,27). The number of pyridine rings is 1. The van der Waals surface area contributed by atoms with Gasteiger partial charge < -0.3 is 9.88 Å². The second kappa shape index (κ2) is 7.20. The van der Waals surface area contributed by atoms with E-state index in [1.165, 1.54) is 0 Å². The van der Waals surface area contributed by atoms with Gasteiger partial charge in [-0.05, 0) is 42.8 Å². The van der Waals surface area contributed by atoms with Crippen molar-refractivity contribution in [3.63, 3.8) is 0 Å². The Kier molecular flexibility index (Phi) is 4.44. The van der Waals surface area contributed by atoms with Crippen LogP contribution in [-0.4, -0.2) is 35.4 Å². The molecule has 134 valence electrons. The molecule has 8 nitrogen and oxygen atoms in total. The molecule has 0 bridgehead atoms. The number of carbonyl (C=O) groups is 1. The van der Waals surface area contributed by atoms with Gasteiger partial charge in [0.05, 0.1) is 18.6 Å². The van der Waals surface area contributed by atoms with E-state index in [-0.39, 0.29) is 5.91 Å². The third-order valence-electron chi connectivity index (χ3n) is 4.19. The predicted molar refractivity (Wildman–Crippen MR) is 99.6 cm³/mol. The van der Waals surface area contributed by atoms with Crippen molar-refractivity contribution < 1.29 is 4.79 Å². The van der Waals surface area contributed by atoms with Crippen LogP contribution >= 0.6 is 0 Å². The van der Waals surface area contributed by atoms with Gasteiger partial charge >= 0.3 is 0 Å². The van der Waals surface area contributed by atoms with E-state index in [9.17, 15) is 4.79 Å². The van der Waals surface area contributed by atoms with Crippen molar-refractivity contribution in [3.8, 4) is 5.69 Å². The van der Waals surface area contributed by atoms with Gasteiger partial charge in [-0.3, -0.25) is 9.78 Å². The van der Waals surface area contributed by atoms with Gasteiger partial charge in [0, 0.05) is 36.2 Å². The molecule has 0 atom stereocenters. The first-order chi connectivity index (χ1) is 13.2. The normalized spacial score (nSPS) is 10.7. The van der Waals surface area contributed by atoms with E-state index >= 15 is 0 Å². The summed E-state index contributed by atoms with van der Waals surface area (Å²) >= 11 is 0. The fourth-order valence-electron chi connectivity index (χ4n) is 2.73. The summed E-state index contributed by atoms with van der Waals surface area (Å²) in [4.78, 5) is 20.7. The summed E-state index contributed by atoms with van der Waals surface area (Å²) in [7, 11) is 0. The summed E-state index contributed by atoms with van der Waals surface area (Å²) in [5, 5.41) is 11.0. The Balaban J connectivity index is 1.51. The molecule has 0 aliphatic heterocycles. The highest BCUT2D eigenvalue weighted by atomic mass is 16.2. The number of hydrogen-bond donors (Lipinski definition) is 1. The Labute approximate surface area is 155 Å². The minimum atomic E-state index is -0.295. The molecule has 4 rings (SSSR count). The monoisotopic (exact) mass is 359 g/mol. The molecule has 8 heteroatoms. The Morgan fingerprint density at radius 3 is 2.74 bits per heavy atom. The van der Waals surface area contributed by atoms with Crippen molar-refractivity contribution in [2.75, 3.05) is 5.32 Å². The Morgan fingerprint density at radius 1 is 1.11 bits per heavy atom. The topological polar surface area (TPSA) is 90.5 Å². The van der Waals surface area contributed by atoms with Crippen molar-refractivity contribution in [2.24, 2.45) is 0 Å². The largest absolute Gasteiger partial charge is 0.320 e. The molecule has 3 aromatic heterocycles. The van der Waals surface area contributed by atoms with Gasteiger partial charge in [0.25, 0.3) is 5.91 Å². The zero-order chi connectivity index (χ0) is 18.6. The fourth-order valence-corrected chi connectivity index (χ4v) is 2.73. The third-order valence-corrected chi connectivity index (χ3v) is 4.19. The van der Waals surface area contributed by atoms with E-state index in [0.717, 1.165) is 11.3 Å². The summed E-state index contributed by atoms with van der Waals surface area (Å²) in [6.45, 7) is 2.36. The molecule has 1 amide bonds. The van der Waals surface area contributed by atoms with Crippen LogP contribution in [0.4, 0.5) is 5.69 Å². The number of benzene rings is 1. The molecule has 0 aliphatic rings. The number of amides is 1. The second-order valence-corrected chi connectivity index (χ2v) is 6.01. The number of anilines is 1. The molecule has 4 aromatic rings. The molecule has 3 heterocycles. The van der Waals surface area contributed by atoms with Crippen LogP contribution in [-0.2, 0) is 6.54 Å². The average molecular weight is 359 g/mol. The van der Waals surface area contributed by atoms with Crippen LogP contribution in [0.5, 0.6) is 0 Å². The van der Waals surface area contributed by atoms with E-state index in [1.807, 2.05) is 54.1 Å². The number of rotatable bonds is 5. The highest BCUT2D eigenvalue weighted by Gasteiger charge is 2.17. The SMILES string of the molecule is Cc1c(C(=O)Nc2cccc(-n3ccnc3)c2)nnn1Cc1ccncc1. The first-order valence-electron chi connectivity index (χ1n) is 8.39. The molecule has 0 unspecified atom stereocenters. The van der Waals surface area contributed by atoms with Crippen LogP contribution in [0.3, 0.4) is 0 Å². The van der Waals surface area contributed by atoms with Crippen LogP contribution < -0.4 is 5.32 Å². The van der Waals surface area contributed by atoms with Gasteiger partial charge in [0.15, 0.2) is 5.69 Å². The van der Waals surface area contributed by atoms with E-state index in [1.54, 1.807) is 29.6 Å². The first-order valence-corrected chi connectivity index (χ1v) is 8.39. The Bertz CT molecular complexity index is 1050. The Morgan fingerprint density at radius 2 is 1.96 bits per heavy atom. The van der Waals surface area contributed by atoms with Gasteiger partial charge in [0.2, 0.25) is 0 Å². The number of hydrogen-bond acceptors (Lipinski definition) is 5. The lowest BCUT2D eigenvalue weighted by molar-refractivity contribution is 0.102. The van der Waals surface area contributed by atoms with Crippen molar-refractivity contribution in [3.05, 3.63) is 84.5 Å². The third kappa shape index (κ3) is 3.59. The second-order valence-electron chi connectivity index (χ2n) is 6.01. The fraction of sp³-hybridized carbons (Fsp3) is 0.105. The van der Waals surface area contributed by atoms with E-state index in [4.69, 9.17) is 0 Å². The molecule has 0 fully saturated rings. The smallest absolute Gasteiger partial charge is 0.278 e. The van der Waals surface area contributed by atoms with Crippen molar-refractivity contribution in [1.82, 2.24) is 29.5 Å². The molecule has 0 radical (unpaired) electrons. The molecule has 1 aromatic carbocycles. The first kappa shape index (κ1) is 16.6. The Hall–Kier alpha value is -3.81. The molecular weight excluding hydrogens is 342 g/mol. The molecule has 0 spiro atoms. The van der Waals surface area contributed by atoms with Crippen LogP contribution in [0.2, 0.25) is 0 Å². The number of imidazole rings is 1. The summed E-state index contributed by atoms with van der Waals surface area (Å²) in [5.74, 6) is -0.295. The van der Waals surface area contributed by atoms with Crippen molar-refractivity contribution in [1.29, 1.82) is 0 Å². The number of aromatic nitrogens is 6. The van der Waals surface area contributed by atoms with Crippen molar-refractivity contribution >= 4 is 11.6 Å². The summed E-state index contributed by atoms with van der Waals surface area (Å²) in [5.41, 5.74) is 3.63. The molecule has 0 aliphatic carbocycles. The highest BCUT2D eigenvalue weighted by molar-refractivity contribution is 6.03. The molecular formula is C19H17N7O. The maximum absolute atomic E-state index is 12.6. The van der Waals surface area contributed by atoms with Gasteiger partial charge in [-0.2, -0.15) is 0 Å². The lowest BCUT2D eigenvalue weighted by Gasteiger charge is -2.07. The molecule has 1 N–H and O–H groups in total. The van der Waals surface area contributed by atoms with Gasteiger partial charge in [-0.15, -0.1) is 5.10 Å². The summed E-state index contributed by atoms with van der Waals surface area (Å²) in [6.07, 6.45) is 8.70. The summed E-state index contributed by atoms with van der Waals surface area (Å²) in [6, 6.07) is 11.3. The van der Waals surface area contributed by atoms with E-state index < -0.39 is 0 Å². The number of nitrogens with one attached hydrogen (secondary N) is 1. The van der Waals surface area contributed by atoms with Crippen LogP contribution in [0.1, 0.15) is 21.7 Å². The molecule has 0 saturated carbocycles. The number of carbonyl (C=O) groups excluding carboxylic acids is 1. The van der Waals surface area contributed by atoms with Crippen LogP contribution in [0, 0.1) is 6.92 Å². The van der Waals surface area contributed by atoms with E-state index in [0.29, 0.717) is 23.6 Å². The number of nitrogens with zero attached hydrogens (tertiary/aromatic N) is 6. The molecule has 27 heavy (non-hydrogen) atoms. The zero-order valence-electron chi connectivity index (χ0n) is 14.6. The van der Waals surface area contributed by atoms with Crippen LogP contribution in [0.25, 0.3) is 5.69 Å². The average Bonchev–Trinajstić information content (AvgIpc) is 3.34. The van der Waals surface area contributed by atoms with Gasteiger partial charge in [0.1, 0.15) is 0 Å². The van der Waals surface area contributed by atoms with Crippen LogP contribution in [0.15, 0.2) is 67.5 Å². The quantitative estimate of drug-likeness (QED) is 0.591. The maximum atomic E-state index is 12.6. The maximum Gasteiger partial charge on any atom is 0.278 e. The zero-order valence-corrected chi connectivity index (χ0v) is 14.6. The van der Waals surface area contributed by atoms with Gasteiger partial charge in [-0.25, -0.2) is 9.67 Å². The molecule has 0 saturated heterocycles. The lowest BCUT2D eigenvalue weighted by atomic mass is 10.2. The van der Waals surface area contributed by atoms with Gasteiger partial charge in [-0.1, -0.05) is 11.3 Å². The highest BCUT2D eigenvalue weighted by Crippen LogP contribution is 2.16. The van der Waals surface area contributed by atoms with Crippen molar-refractivity contribution in [2.45, 2.75) is 13.5 Å². The van der Waals surface area contributed by atoms with E-state index in [2.05, 4.69) is 25.6 Å². The lowest BCUT2D eigenvalue weighted by Crippen LogP contribution is -2.14.